The number of carboxylic acid groups (broad SMARTS) is 1. The minimum atomic E-state index is -1.16. The zero-order valence-corrected chi connectivity index (χ0v) is 13.3. The lowest BCUT2D eigenvalue weighted by Crippen LogP contribution is -2.22. The molecule has 6 nitrogen and oxygen atoms in total. The summed E-state index contributed by atoms with van der Waals surface area (Å²) in [6.07, 6.45) is 0.0602. The number of nitrogens with zero attached hydrogens (tertiary/aromatic N) is 1. The molecule has 1 aromatic carbocycles. The summed E-state index contributed by atoms with van der Waals surface area (Å²) in [6, 6.07) is 7.25. The summed E-state index contributed by atoms with van der Waals surface area (Å²) in [5, 5.41) is 14.4. The topological polar surface area (TPSA) is 94.7 Å². The van der Waals surface area contributed by atoms with E-state index in [0.717, 1.165) is 0 Å². The van der Waals surface area contributed by atoms with E-state index >= 15 is 0 Å². The van der Waals surface area contributed by atoms with Gasteiger partial charge in [-0.3, -0.25) is 4.79 Å². The first-order valence-corrected chi connectivity index (χ1v) is 7.27. The number of furan rings is 1. The highest BCUT2D eigenvalue weighted by molar-refractivity contribution is 6.01. The second-order valence-corrected chi connectivity index (χ2v) is 5.17. The molecule has 2 rings (SSSR count). The summed E-state index contributed by atoms with van der Waals surface area (Å²) >= 11 is 0. The van der Waals surface area contributed by atoms with Crippen LogP contribution in [0.1, 0.15) is 40.8 Å². The number of carboxylic acids is 1. The summed E-state index contributed by atoms with van der Waals surface area (Å²) in [6.45, 7) is 3.36. The van der Waals surface area contributed by atoms with Crippen LogP contribution in [0.5, 0.6) is 0 Å². The van der Waals surface area contributed by atoms with Gasteiger partial charge in [0.1, 0.15) is 17.3 Å². The van der Waals surface area contributed by atoms with Gasteiger partial charge in [-0.25, -0.2) is 9.82 Å². The quantitative estimate of drug-likeness (QED) is 0.642. The number of nitrogens with one attached hydrogen (secondary N) is 1. The molecule has 0 aliphatic carbocycles. The van der Waals surface area contributed by atoms with Crippen molar-refractivity contribution in [3.8, 4) is 0 Å². The first kappa shape index (κ1) is 17.4. The number of benzene rings is 1. The van der Waals surface area contributed by atoms with Gasteiger partial charge in [0, 0.05) is 18.0 Å². The highest BCUT2D eigenvalue weighted by Crippen LogP contribution is 2.17. The second kappa shape index (κ2) is 7.54. The van der Waals surface area contributed by atoms with Crippen molar-refractivity contribution in [3.63, 3.8) is 0 Å². The van der Waals surface area contributed by atoms with E-state index in [9.17, 15) is 19.1 Å². The zero-order chi connectivity index (χ0) is 17.7. The van der Waals surface area contributed by atoms with Gasteiger partial charge in [-0.15, -0.1) is 0 Å². The third-order valence-corrected chi connectivity index (χ3v) is 3.38. The Kier molecular flexibility index (Phi) is 5.47. The van der Waals surface area contributed by atoms with E-state index in [-0.39, 0.29) is 18.4 Å². The number of carbonyl (C=O) groups is 2. The molecule has 1 aromatic heterocycles. The Bertz CT molecular complexity index is 796. The number of hydrogen-bond donors (Lipinski definition) is 1. The number of amides is 1. The normalized spacial score (nSPS) is 11.4. The van der Waals surface area contributed by atoms with E-state index in [1.54, 1.807) is 26.0 Å². The average Bonchev–Trinajstić information content (AvgIpc) is 2.92. The van der Waals surface area contributed by atoms with Crippen molar-refractivity contribution < 1.29 is 23.5 Å². The van der Waals surface area contributed by atoms with E-state index in [0.29, 0.717) is 22.8 Å². The van der Waals surface area contributed by atoms with Crippen LogP contribution >= 0.6 is 0 Å². The highest BCUT2D eigenvalue weighted by atomic mass is 19.1. The SMILES string of the molecule is C/C(=N/NC(=O)c1ccccc1F)c1cc(CCC(=O)[O-])oc1C. The van der Waals surface area contributed by atoms with Crippen LogP contribution in [0.25, 0.3) is 0 Å². The summed E-state index contributed by atoms with van der Waals surface area (Å²) in [7, 11) is 0. The Morgan fingerprint density at radius 2 is 2.00 bits per heavy atom. The summed E-state index contributed by atoms with van der Waals surface area (Å²) < 4.78 is 19.0. The fourth-order valence-electron chi connectivity index (χ4n) is 2.15. The van der Waals surface area contributed by atoms with Crippen molar-refractivity contribution in [3.05, 3.63) is 58.8 Å². The molecule has 1 N–H and O–H groups in total. The zero-order valence-electron chi connectivity index (χ0n) is 13.3. The molecule has 0 saturated carbocycles. The van der Waals surface area contributed by atoms with Crippen LogP contribution in [0.3, 0.4) is 0 Å². The molecule has 0 aliphatic rings. The van der Waals surface area contributed by atoms with Gasteiger partial charge in [0.15, 0.2) is 0 Å². The van der Waals surface area contributed by atoms with Gasteiger partial charge in [-0.1, -0.05) is 12.1 Å². The number of carbonyl (C=O) groups excluding carboxylic acids is 2. The highest BCUT2D eigenvalue weighted by Gasteiger charge is 2.13. The van der Waals surface area contributed by atoms with E-state index in [1.807, 2.05) is 0 Å². The fraction of sp³-hybridized carbons (Fsp3) is 0.235. The van der Waals surface area contributed by atoms with Crippen LogP contribution in [0.2, 0.25) is 0 Å². The summed E-state index contributed by atoms with van der Waals surface area (Å²) in [5.74, 6) is -1.42. The van der Waals surface area contributed by atoms with Gasteiger partial charge >= 0.3 is 0 Å². The van der Waals surface area contributed by atoms with E-state index < -0.39 is 17.7 Å². The molecule has 0 fully saturated rings. The van der Waals surface area contributed by atoms with Crippen LogP contribution in [0.15, 0.2) is 39.9 Å². The van der Waals surface area contributed by atoms with E-state index in [1.165, 1.54) is 18.2 Å². The maximum atomic E-state index is 13.5. The molecule has 0 atom stereocenters. The molecule has 24 heavy (non-hydrogen) atoms. The number of aliphatic carboxylic acids is 1. The van der Waals surface area contributed by atoms with Crippen molar-refractivity contribution in [1.82, 2.24) is 5.43 Å². The molecule has 0 spiro atoms. The third-order valence-electron chi connectivity index (χ3n) is 3.38. The molecule has 0 aliphatic heterocycles. The molecule has 2 aromatic rings. The molecule has 0 saturated heterocycles. The standard InChI is InChI=1S/C17H17FN2O4/c1-10(14-9-12(24-11(14)2)7-8-16(21)22)19-20-17(23)13-5-3-4-6-15(13)18/h3-6,9H,7-8H2,1-2H3,(H,20,23)(H,21,22)/p-1/b19-10-. The first-order chi connectivity index (χ1) is 11.4. The molecule has 1 heterocycles. The molecule has 0 unspecified atom stereocenters. The van der Waals surface area contributed by atoms with Crippen molar-refractivity contribution in [1.29, 1.82) is 0 Å². The molecule has 0 bridgehead atoms. The number of rotatable bonds is 6. The van der Waals surface area contributed by atoms with Gasteiger partial charge in [0.2, 0.25) is 0 Å². The van der Waals surface area contributed by atoms with E-state index in [4.69, 9.17) is 4.42 Å². The maximum Gasteiger partial charge on any atom is 0.274 e. The number of halogens is 1. The first-order valence-electron chi connectivity index (χ1n) is 7.27. The van der Waals surface area contributed by atoms with Gasteiger partial charge < -0.3 is 14.3 Å². The molecule has 7 heteroatoms. The molecule has 0 radical (unpaired) electrons. The van der Waals surface area contributed by atoms with Crippen molar-refractivity contribution >= 4 is 17.6 Å². The van der Waals surface area contributed by atoms with Gasteiger partial charge in [-0.05, 0) is 38.5 Å². The molecular formula is C17H16FN2O4-. The maximum absolute atomic E-state index is 13.5. The lowest BCUT2D eigenvalue weighted by atomic mass is 10.1. The predicted molar refractivity (Wildman–Crippen MR) is 82.9 cm³/mol. The number of aryl methyl sites for hydroxylation is 2. The van der Waals surface area contributed by atoms with E-state index in [2.05, 4.69) is 10.5 Å². The van der Waals surface area contributed by atoms with Crippen molar-refractivity contribution in [2.75, 3.05) is 0 Å². The lowest BCUT2D eigenvalue weighted by Gasteiger charge is -2.03. The van der Waals surface area contributed by atoms with Crippen LogP contribution in [-0.2, 0) is 11.2 Å². The fourth-order valence-corrected chi connectivity index (χ4v) is 2.15. The van der Waals surface area contributed by atoms with Crippen molar-refractivity contribution in [2.45, 2.75) is 26.7 Å². The Balaban J connectivity index is 2.09. The van der Waals surface area contributed by atoms with Crippen LogP contribution < -0.4 is 10.5 Å². The number of hydrazone groups is 1. The Morgan fingerprint density at radius 3 is 2.67 bits per heavy atom. The van der Waals surface area contributed by atoms with Gasteiger partial charge in [0.05, 0.1) is 11.3 Å². The minimum Gasteiger partial charge on any atom is -0.550 e. The smallest absolute Gasteiger partial charge is 0.274 e. The van der Waals surface area contributed by atoms with Gasteiger partial charge in [-0.2, -0.15) is 5.10 Å². The van der Waals surface area contributed by atoms with Crippen LogP contribution in [-0.4, -0.2) is 17.6 Å². The lowest BCUT2D eigenvalue weighted by molar-refractivity contribution is -0.305. The number of hydrogen-bond acceptors (Lipinski definition) is 5. The average molecular weight is 331 g/mol. The summed E-state index contributed by atoms with van der Waals surface area (Å²) in [5.41, 5.74) is 3.28. The Morgan fingerprint density at radius 1 is 1.29 bits per heavy atom. The molecular weight excluding hydrogens is 315 g/mol. The third kappa shape index (κ3) is 4.28. The largest absolute Gasteiger partial charge is 0.550 e. The van der Waals surface area contributed by atoms with Gasteiger partial charge in [0.25, 0.3) is 5.91 Å². The van der Waals surface area contributed by atoms with Crippen molar-refractivity contribution in [2.24, 2.45) is 5.10 Å². The minimum absolute atomic E-state index is 0.104. The Hall–Kier alpha value is -2.96. The Labute approximate surface area is 138 Å². The second-order valence-electron chi connectivity index (χ2n) is 5.17. The summed E-state index contributed by atoms with van der Waals surface area (Å²) in [4.78, 5) is 22.4. The molecule has 126 valence electrons. The predicted octanol–water partition coefficient (Wildman–Crippen LogP) is 1.56. The monoisotopic (exact) mass is 331 g/mol. The van der Waals surface area contributed by atoms with Crippen LogP contribution in [0, 0.1) is 12.7 Å². The molecule has 1 amide bonds. The van der Waals surface area contributed by atoms with Crippen LogP contribution in [0.4, 0.5) is 4.39 Å².